The molecule has 22 heavy (non-hydrogen) atoms. The van der Waals surface area contributed by atoms with Gasteiger partial charge in [0.1, 0.15) is 12.0 Å². The molecule has 2 heterocycles. The second-order valence-electron chi connectivity index (χ2n) is 4.91. The zero-order valence-corrected chi connectivity index (χ0v) is 12.2. The molecule has 6 nitrogen and oxygen atoms in total. The van der Waals surface area contributed by atoms with Crippen LogP contribution in [0.2, 0.25) is 0 Å². The average Bonchev–Trinajstić information content (AvgIpc) is 3.20. The molecule has 1 amide bonds. The van der Waals surface area contributed by atoms with Crippen molar-refractivity contribution in [3.63, 3.8) is 0 Å². The summed E-state index contributed by atoms with van der Waals surface area (Å²) in [7, 11) is 0. The monoisotopic (exact) mass is 296 g/mol. The molecule has 0 radical (unpaired) electrons. The molecular weight excluding hydrogens is 280 g/mol. The molecule has 3 rings (SSSR count). The highest BCUT2D eigenvalue weighted by atomic mass is 16.5. The first-order valence-electron chi connectivity index (χ1n) is 7.11. The highest BCUT2D eigenvalue weighted by molar-refractivity contribution is 6.04. The molecule has 112 valence electrons. The van der Waals surface area contributed by atoms with Gasteiger partial charge in [-0.05, 0) is 18.6 Å². The van der Waals surface area contributed by atoms with Gasteiger partial charge in [-0.25, -0.2) is 0 Å². The molecule has 0 fully saturated rings. The van der Waals surface area contributed by atoms with Crippen molar-refractivity contribution in [3.8, 4) is 11.3 Å². The van der Waals surface area contributed by atoms with Crippen LogP contribution >= 0.6 is 0 Å². The van der Waals surface area contributed by atoms with E-state index in [4.69, 9.17) is 4.52 Å². The Kier molecular flexibility index (Phi) is 4.00. The summed E-state index contributed by atoms with van der Waals surface area (Å²) in [6, 6.07) is 9.22. The largest absolute Gasteiger partial charge is 0.364 e. The lowest BCUT2D eigenvalue weighted by molar-refractivity contribution is 0.102. The van der Waals surface area contributed by atoms with Gasteiger partial charge in [0.05, 0.1) is 11.8 Å². The summed E-state index contributed by atoms with van der Waals surface area (Å²) >= 11 is 0. The molecular formula is C16H16N4O2. The average molecular weight is 296 g/mol. The van der Waals surface area contributed by atoms with E-state index in [0.717, 1.165) is 29.9 Å². The number of rotatable bonds is 5. The molecule has 0 aliphatic carbocycles. The zero-order valence-electron chi connectivity index (χ0n) is 12.2. The number of hydrogen-bond acceptors (Lipinski definition) is 4. The lowest BCUT2D eigenvalue weighted by Gasteiger charge is -2.04. The van der Waals surface area contributed by atoms with Crippen LogP contribution < -0.4 is 5.32 Å². The van der Waals surface area contributed by atoms with Crippen LogP contribution in [0.15, 0.2) is 53.5 Å². The molecule has 0 aliphatic rings. The quantitative estimate of drug-likeness (QED) is 0.784. The summed E-state index contributed by atoms with van der Waals surface area (Å²) in [5.74, 6) is -0.170. The van der Waals surface area contributed by atoms with Gasteiger partial charge < -0.3 is 9.84 Å². The molecule has 2 aromatic heterocycles. The van der Waals surface area contributed by atoms with Gasteiger partial charge in [0.25, 0.3) is 5.91 Å². The first-order chi connectivity index (χ1) is 10.8. The molecule has 1 aromatic carbocycles. The van der Waals surface area contributed by atoms with Crippen LogP contribution in [0, 0.1) is 0 Å². The summed E-state index contributed by atoms with van der Waals surface area (Å²) in [6.45, 7) is 2.87. The number of carbonyl (C=O) groups excluding carboxylic acids is 1. The van der Waals surface area contributed by atoms with Gasteiger partial charge in [-0.3, -0.25) is 9.48 Å². The van der Waals surface area contributed by atoms with Crippen molar-refractivity contribution >= 4 is 11.6 Å². The smallest absolute Gasteiger partial charge is 0.258 e. The molecule has 0 saturated carbocycles. The van der Waals surface area contributed by atoms with Crippen LogP contribution in [-0.4, -0.2) is 20.8 Å². The molecule has 0 aliphatic heterocycles. The van der Waals surface area contributed by atoms with E-state index < -0.39 is 0 Å². The number of carbonyl (C=O) groups is 1. The normalized spacial score (nSPS) is 10.6. The van der Waals surface area contributed by atoms with Crippen molar-refractivity contribution in [1.82, 2.24) is 14.9 Å². The minimum absolute atomic E-state index is 0.170. The second kappa shape index (κ2) is 6.26. The Morgan fingerprint density at radius 3 is 2.77 bits per heavy atom. The molecule has 0 bridgehead atoms. The van der Waals surface area contributed by atoms with E-state index in [0.29, 0.717) is 5.56 Å². The Balaban J connectivity index is 1.68. The van der Waals surface area contributed by atoms with E-state index in [1.807, 2.05) is 24.3 Å². The topological polar surface area (TPSA) is 73.0 Å². The van der Waals surface area contributed by atoms with E-state index in [1.165, 1.54) is 6.26 Å². The summed E-state index contributed by atoms with van der Waals surface area (Å²) in [4.78, 5) is 12.2. The van der Waals surface area contributed by atoms with Crippen LogP contribution in [0.4, 0.5) is 5.69 Å². The molecule has 0 atom stereocenters. The first-order valence-corrected chi connectivity index (χ1v) is 7.11. The highest BCUT2D eigenvalue weighted by Gasteiger charge is 2.09. The SMILES string of the molecule is CCCn1cc(C(=O)Nc2ccc(-c3ccon3)cc2)cn1. The van der Waals surface area contributed by atoms with E-state index in [9.17, 15) is 4.79 Å². The number of nitrogens with one attached hydrogen (secondary N) is 1. The predicted octanol–water partition coefficient (Wildman–Crippen LogP) is 3.20. The number of aromatic nitrogens is 3. The minimum Gasteiger partial charge on any atom is -0.364 e. The third-order valence-corrected chi connectivity index (χ3v) is 3.22. The molecule has 3 aromatic rings. The van der Waals surface area contributed by atoms with Crippen molar-refractivity contribution in [2.24, 2.45) is 0 Å². The van der Waals surface area contributed by atoms with E-state index >= 15 is 0 Å². The van der Waals surface area contributed by atoms with Gasteiger partial charge in [-0.1, -0.05) is 24.2 Å². The van der Waals surface area contributed by atoms with Crippen LogP contribution in [0.25, 0.3) is 11.3 Å². The highest BCUT2D eigenvalue weighted by Crippen LogP contribution is 2.19. The third kappa shape index (κ3) is 3.06. The number of nitrogens with zero attached hydrogens (tertiary/aromatic N) is 3. The lowest BCUT2D eigenvalue weighted by Crippen LogP contribution is -2.11. The van der Waals surface area contributed by atoms with Gasteiger partial charge in [0.2, 0.25) is 0 Å². The maximum absolute atomic E-state index is 12.2. The van der Waals surface area contributed by atoms with Crippen molar-refractivity contribution < 1.29 is 9.32 Å². The van der Waals surface area contributed by atoms with Crippen molar-refractivity contribution in [1.29, 1.82) is 0 Å². The van der Waals surface area contributed by atoms with Gasteiger partial charge >= 0.3 is 0 Å². The maximum Gasteiger partial charge on any atom is 0.258 e. The molecule has 0 unspecified atom stereocenters. The van der Waals surface area contributed by atoms with E-state index in [-0.39, 0.29) is 5.91 Å². The minimum atomic E-state index is -0.170. The number of aryl methyl sites for hydroxylation is 1. The number of anilines is 1. The Morgan fingerprint density at radius 2 is 2.09 bits per heavy atom. The standard InChI is InChI=1S/C16H16N4O2/c1-2-8-20-11-13(10-17-20)16(21)18-14-5-3-12(4-6-14)15-7-9-22-19-15/h3-7,9-11H,2,8H2,1H3,(H,18,21). The summed E-state index contributed by atoms with van der Waals surface area (Å²) in [5.41, 5.74) is 2.97. The van der Waals surface area contributed by atoms with Crippen LogP contribution in [0.5, 0.6) is 0 Å². The Bertz CT molecular complexity index is 745. The fourth-order valence-corrected chi connectivity index (χ4v) is 2.12. The van der Waals surface area contributed by atoms with Crippen molar-refractivity contribution in [3.05, 3.63) is 54.6 Å². The van der Waals surface area contributed by atoms with Crippen LogP contribution in [0.1, 0.15) is 23.7 Å². The number of hydrogen-bond donors (Lipinski definition) is 1. The summed E-state index contributed by atoms with van der Waals surface area (Å²) in [5, 5.41) is 10.9. The number of benzene rings is 1. The van der Waals surface area contributed by atoms with Crippen molar-refractivity contribution in [2.75, 3.05) is 5.32 Å². The first kappa shape index (κ1) is 14.1. The van der Waals surface area contributed by atoms with Crippen LogP contribution in [0.3, 0.4) is 0 Å². The summed E-state index contributed by atoms with van der Waals surface area (Å²) < 4.78 is 6.58. The molecule has 6 heteroatoms. The third-order valence-electron chi connectivity index (χ3n) is 3.22. The van der Waals surface area contributed by atoms with Gasteiger partial charge in [0.15, 0.2) is 0 Å². The Hall–Kier alpha value is -2.89. The fourth-order valence-electron chi connectivity index (χ4n) is 2.12. The van der Waals surface area contributed by atoms with Gasteiger partial charge in [-0.2, -0.15) is 5.10 Å². The Labute approximate surface area is 127 Å². The molecule has 0 spiro atoms. The predicted molar refractivity (Wildman–Crippen MR) is 82.4 cm³/mol. The Morgan fingerprint density at radius 1 is 1.27 bits per heavy atom. The van der Waals surface area contributed by atoms with Crippen molar-refractivity contribution in [2.45, 2.75) is 19.9 Å². The van der Waals surface area contributed by atoms with Crippen LogP contribution in [-0.2, 0) is 6.54 Å². The second-order valence-corrected chi connectivity index (χ2v) is 4.91. The maximum atomic E-state index is 12.2. The zero-order chi connectivity index (χ0) is 15.4. The van der Waals surface area contributed by atoms with Gasteiger partial charge in [-0.15, -0.1) is 0 Å². The molecule has 0 saturated heterocycles. The fraction of sp³-hybridized carbons (Fsp3) is 0.188. The van der Waals surface area contributed by atoms with Gasteiger partial charge in [0, 0.05) is 30.1 Å². The van der Waals surface area contributed by atoms with E-state index in [1.54, 1.807) is 23.1 Å². The lowest BCUT2D eigenvalue weighted by atomic mass is 10.1. The number of amides is 1. The molecule has 1 N–H and O–H groups in total. The summed E-state index contributed by atoms with van der Waals surface area (Å²) in [6.07, 6.45) is 5.84. The van der Waals surface area contributed by atoms with E-state index in [2.05, 4.69) is 22.5 Å².